The number of anilines is 1. The summed E-state index contributed by atoms with van der Waals surface area (Å²) in [5.74, 6) is 0. The highest BCUT2D eigenvalue weighted by Gasteiger charge is 2.43. The Balaban J connectivity index is 2.49. The third kappa shape index (κ3) is 2.28. The largest absolute Gasteiger partial charge is 0.432 e. The Bertz CT molecular complexity index is 458. The zero-order valence-corrected chi connectivity index (χ0v) is 11.9. The van der Waals surface area contributed by atoms with Crippen LogP contribution < -0.4 is 4.81 Å². The number of hydrogen-bond donors (Lipinski definition) is 1. The summed E-state index contributed by atoms with van der Waals surface area (Å²) in [4.78, 5) is 1.77. The highest BCUT2D eigenvalue weighted by Crippen LogP contribution is 2.47. The van der Waals surface area contributed by atoms with E-state index in [1.807, 2.05) is 25.1 Å². The summed E-state index contributed by atoms with van der Waals surface area (Å²) < 4.78 is 26.4. The molecule has 6 heteroatoms. The molecule has 1 aromatic rings. The van der Waals surface area contributed by atoms with Crippen LogP contribution in [0.4, 0.5) is 14.5 Å². The lowest BCUT2D eigenvalue weighted by atomic mass is 9.80. The van der Waals surface area contributed by atoms with Crippen molar-refractivity contribution in [1.29, 1.82) is 0 Å². The van der Waals surface area contributed by atoms with Crippen LogP contribution in [0, 0.1) is 0 Å². The van der Waals surface area contributed by atoms with Crippen molar-refractivity contribution in [2.24, 2.45) is 0 Å². The maximum atomic E-state index is 12.8. The molecule has 0 bridgehead atoms. The number of benzene rings is 1. The minimum absolute atomic E-state index is 0.195. The van der Waals surface area contributed by atoms with Crippen LogP contribution in [0.25, 0.3) is 0 Å². The van der Waals surface area contributed by atoms with Crippen molar-refractivity contribution in [3.8, 4) is 0 Å². The lowest BCUT2D eigenvalue weighted by molar-refractivity contribution is 0.111. The third-order valence-corrected chi connectivity index (χ3v) is 4.14. The predicted octanol–water partition coefficient (Wildman–Crippen LogP) is 3.29. The quantitative estimate of drug-likeness (QED) is 0.865. The maximum absolute atomic E-state index is 12.8. The van der Waals surface area contributed by atoms with E-state index in [1.54, 1.807) is 11.6 Å². The Morgan fingerprint density at radius 3 is 2.78 bits per heavy atom. The first kappa shape index (κ1) is 13.8. The van der Waals surface area contributed by atoms with Gasteiger partial charge in [0.15, 0.2) is 0 Å². The number of halogens is 3. The van der Waals surface area contributed by atoms with Gasteiger partial charge in [-0.3, -0.25) is 0 Å². The molecule has 0 radical (unpaired) electrons. The topological polar surface area (TPSA) is 23.5 Å². The van der Waals surface area contributed by atoms with E-state index in [0.29, 0.717) is 6.54 Å². The molecular formula is C12H15BBrF2NO. The summed E-state index contributed by atoms with van der Waals surface area (Å²) >= 11 is 3.43. The Kier molecular flexibility index (Phi) is 3.69. The first-order valence-corrected chi connectivity index (χ1v) is 6.66. The van der Waals surface area contributed by atoms with E-state index in [0.717, 1.165) is 15.7 Å². The molecular weight excluding hydrogens is 303 g/mol. The highest BCUT2D eigenvalue weighted by atomic mass is 79.9. The zero-order valence-electron chi connectivity index (χ0n) is 10.3. The first-order chi connectivity index (χ1) is 8.35. The van der Waals surface area contributed by atoms with E-state index in [9.17, 15) is 13.8 Å². The summed E-state index contributed by atoms with van der Waals surface area (Å²) in [5.41, 5.74) is 1.08. The van der Waals surface area contributed by atoms with Gasteiger partial charge in [-0.1, -0.05) is 19.1 Å². The van der Waals surface area contributed by atoms with Gasteiger partial charge in [0.1, 0.15) is 0 Å². The standard InChI is InChI=1S/C12H15BBrF2NO/c1-12(6-10(15)16)7-17(13(2)18)11-8(12)4-3-5-9(11)14/h3-5,10,18H,6-7H2,1-2H3. The summed E-state index contributed by atoms with van der Waals surface area (Å²) in [5, 5.41) is 9.81. The van der Waals surface area contributed by atoms with Gasteiger partial charge in [0.05, 0.1) is 0 Å². The van der Waals surface area contributed by atoms with E-state index in [2.05, 4.69) is 15.9 Å². The van der Waals surface area contributed by atoms with E-state index >= 15 is 0 Å². The molecule has 1 atom stereocenters. The van der Waals surface area contributed by atoms with Crippen molar-refractivity contribution in [1.82, 2.24) is 0 Å². The molecule has 1 unspecified atom stereocenters. The third-order valence-electron chi connectivity index (χ3n) is 3.50. The van der Waals surface area contributed by atoms with Gasteiger partial charge in [0.2, 0.25) is 6.43 Å². The van der Waals surface area contributed by atoms with Crippen molar-refractivity contribution < 1.29 is 13.8 Å². The van der Waals surface area contributed by atoms with Gasteiger partial charge < -0.3 is 9.83 Å². The van der Waals surface area contributed by atoms with Crippen LogP contribution in [0.15, 0.2) is 22.7 Å². The maximum Gasteiger partial charge on any atom is 0.409 e. The number of alkyl halides is 2. The Morgan fingerprint density at radius 2 is 2.22 bits per heavy atom. The second-order valence-corrected chi connectivity index (χ2v) is 5.91. The van der Waals surface area contributed by atoms with E-state index in [4.69, 9.17) is 0 Å². The van der Waals surface area contributed by atoms with Gasteiger partial charge in [0, 0.05) is 28.5 Å². The fraction of sp³-hybridized carbons (Fsp3) is 0.500. The van der Waals surface area contributed by atoms with Crippen LogP contribution in [0.5, 0.6) is 0 Å². The highest BCUT2D eigenvalue weighted by molar-refractivity contribution is 9.10. The summed E-state index contributed by atoms with van der Waals surface area (Å²) in [7, 11) is -0.693. The van der Waals surface area contributed by atoms with Crippen LogP contribution >= 0.6 is 15.9 Å². The summed E-state index contributed by atoms with van der Waals surface area (Å²) in [6.45, 7) is 3.89. The molecule has 18 heavy (non-hydrogen) atoms. The number of para-hydroxylation sites is 1. The van der Waals surface area contributed by atoms with Crippen LogP contribution in [0.2, 0.25) is 6.82 Å². The fourth-order valence-electron chi connectivity index (χ4n) is 2.67. The molecule has 1 heterocycles. The van der Waals surface area contributed by atoms with Crippen molar-refractivity contribution in [2.45, 2.75) is 32.0 Å². The molecule has 0 amide bonds. The van der Waals surface area contributed by atoms with Gasteiger partial charge in [-0.05, 0) is 34.4 Å². The minimum Gasteiger partial charge on any atom is -0.432 e. The minimum atomic E-state index is -2.35. The molecule has 2 rings (SSSR count). The molecule has 2 nitrogen and oxygen atoms in total. The van der Waals surface area contributed by atoms with Crippen LogP contribution in [0.1, 0.15) is 18.9 Å². The molecule has 1 N–H and O–H groups in total. The lowest BCUT2D eigenvalue weighted by Gasteiger charge is -2.26. The molecule has 1 aliphatic heterocycles. The average Bonchev–Trinajstić information content (AvgIpc) is 2.53. The number of hydrogen-bond acceptors (Lipinski definition) is 2. The molecule has 0 fully saturated rings. The smallest absolute Gasteiger partial charge is 0.409 e. The van der Waals surface area contributed by atoms with Crippen molar-refractivity contribution in [3.05, 3.63) is 28.2 Å². The number of fused-ring (bicyclic) bond motifs is 1. The zero-order chi connectivity index (χ0) is 13.5. The number of nitrogens with zero attached hydrogens (tertiary/aromatic N) is 1. The van der Waals surface area contributed by atoms with Crippen molar-refractivity contribution >= 4 is 28.7 Å². The second kappa shape index (κ2) is 4.81. The molecule has 0 saturated carbocycles. The lowest BCUT2D eigenvalue weighted by Crippen LogP contribution is -2.40. The Labute approximate surface area is 114 Å². The Morgan fingerprint density at radius 1 is 1.56 bits per heavy atom. The van der Waals surface area contributed by atoms with E-state index in [-0.39, 0.29) is 6.42 Å². The van der Waals surface area contributed by atoms with Crippen molar-refractivity contribution in [2.75, 3.05) is 11.4 Å². The van der Waals surface area contributed by atoms with Crippen LogP contribution in [-0.2, 0) is 5.41 Å². The molecule has 0 aromatic heterocycles. The fourth-order valence-corrected chi connectivity index (χ4v) is 3.26. The normalized spacial score (nSPS) is 22.5. The molecule has 1 aliphatic rings. The second-order valence-electron chi connectivity index (χ2n) is 5.05. The predicted molar refractivity (Wildman–Crippen MR) is 73.3 cm³/mol. The molecule has 0 saturated heterocycles. The van der Waals surface area contributed by atoms with Gasteiger partial charge in [-0.15, -0.1) is 0 Å². The Hall–Kier alpha value is -0.615. The monoisotopic (exact) mass is 317 g/mol. The van der Waals surface area contributed by atoms with Crippen LogP contribution in [-0.4, -0.2) is 25.0 Å². The van der Waals surface area contributed by atoms with Gasteiger partial charge in [-0.2, -0.15) is 0 Å². The number of rotatable bonds is 3. The SMILES string of the molecule is CB(O)N1CC(C)(CC(F)F)c2cccc(Br)c21. The molecule has 1 aromatic carbocycles. The van der Waals surface area contributed by atoms with E-state index < -0.39 is 18.9 Å². The first-order valence-electron chi connectivity index (χ1n) is 5.87. The van der Waals surface area contributed by atoms with Gasteiger partial charge in [0.25, 0.3) is 0 Å². The van der Waals surface area contributed by atoms with Crippen LogP contribution in [0.3, 0.4) is 0 Å². The molecule has 0 spiro atoms. The molecule has 98 valence electrons. The molecule has 0 aliphatic carbocycles. The van der Waals surface area contributed by atoms with Crippen molar-refractivity contribution in [3.63, 3.8) is 0 Å². The van der Waals surface area contributed by atoms with Gasteiger partial charge >= 0.3 is 7.05 Å². The van der Waals surface area contributed by atoms with Gasteiger partial charge in [-0.25, -0.2) is 8.78 Å². The summed E-state index contributed by atoms with van der Waals surface area (Å²) in [6.07, 6.45) is -2.55. The summed E-state index contributed by atoms with van der Waals surface area (Å²) in [6, 6.07) is 5.57. The van der Waals surface area contributed by atoms with E-state index in [1.165, 1.54) is 0 Å². The average molecular weight is 318 g/mol.